The number of hydrogen-bond donors (Lipinski definition) is 1. The van der Waals surface area contributed by atoms with E-state index in [1.54, 1.807) is 18.2 Å². The third kappa shape index (κ3) is 2.12. The van der Waals surface area contributed by atoms with Gasteiger partial charge in [-0.15, -0.1) is 0 Å². The molecule has 1 heterocycles. The van der Waals surface area contributed by atoms with Gasteiger partial charge in [0.15, 0.2) is 0 Å². The normalized spacial score (nSPS) is 10.3. The van der Waals surface area contributed by atoms with Gasteiger partial charge in [-0.3, -0.25) is 0 Å². The maximum absolute atomic E-state index is 13.5. The first-order valence-corrected chi connectivity index (χ1v) is 5.00. The molecule has 0 unspecified atom stereocenters. The number of aromatic nitrogens is 2. The van der Waals surface area contributed by atoms with Gasteiger partial charge in [0.2, 0.25) is 5.95 Å². The average Bonchev–Trinajstić information content (AvgIpc) is 2.17. The highest BCUT2D eigenvalue weighted by Gasteiger charge is 2.06. The molecule has 0 amide bonds. The van der Waals surface area contributed by atoms with Gasteiger partial charge in [-0.25, -0.2) is 14.4 Å². The number of anilines is 1. The summed E-state index contributed by atoms with van der Waals surface area (Å²) in [5, 5.41) is 0. The minimum atomic E-state index is -0.345. The van der Waals surface area contributed by atoms with Crippen LogP contribution in [0.1, 0.15) is 0 Å². The van der Waals surface area contributed by atoms with Crippen molar-refractivity contribution in [1.29, 1.82) is 0 Å². The fourth-order valence-corrected chi connectivity index (χ4v) is 1.55. The molecule has 0 aliphatic rings. The zero-order valence-electron chi connectivity index (χ0n) is 7.61. The van der Waals surface area contributed by atoms with Crippen LogP contribution >= 0.6 is 15.9 Å². The van der Waals surface area contributed by atoms with E-state index >= 15 is 0 Å². The van der Waals surface area contributed by atoms with Gasteiger partial charge < -0.3 is 5.73 Å². The molecule has 0 bridgehead atoms. The molecule has 0 aliphatic heterocycles. The number of nitrogens with zero attached hydrogens (tertiary/aromatic N) is 2. The predicted molar refractivity (Wildman–Crippen MR) is 59.5 cm³/mol. The number of halogens is 2. The summed E-state index contributed by atoms with van der Waals surface area (Å²) in [6.07, 6.45) is 1.50. The van der Waals surface area contributed by atoms with Crippen LogP contribution in [0.2, 0.25) is 0 Å². The van der Waals surface area contributed by atoms with Gasteiger partial charge in [0.25, 0.3) is 0 Å². The molecule has 2 aromatic rings. The van der Waals surface area contributed by atoms with Crippen molar-refractivity contribution in [3.05, 3.63) is 40.8 Å². The molecular weight excluding hydrogens is 261 g/mol. The van der Waals surface area contributed by atoms with Gasteiger partial charge in [-0.1, -0.05) is 15.9 Å². The van der Waals surface area contributed by atoms with E-state index in [1.807, 2.05) is 0 Å². The highest BCUT2D eigenvalue weighted by Crippen LogP contribution is 2.23. The predicted octanol–water partition coefficient (Wildman–Crippen LogP) is 2.63. The molecule has 0 saturated heterocycles. The summed E-state index contributed by atoms with van der Waals surface area (Å²) in [4.78, 5) is 7.69. The number of rotatable bonds is 1. The zero-order chi connectivity index (χ0) is 10.8. The van der Waals surface area contributed by atoms with E-state index in [9.17, 15) is 4.39 Å². The van der Waals surface area contributed by atoms with Crippen LogP contribution < -0.4 is 5.73 Å². The Kier molecular flexibility index (Phi) is 2.64. The van der Waals surface area contributed by atoms with Crippen LogP contribution in [0.5, 0.6) is 0 Å². The van der Waals surface area contributed by atoms with Crippen molar-refractivity contribution >= 4 is 21.9 Å². The molecule has 2 rings (SSSR count). The molecule has 15 heavy (non-hydrogen) atoms. The lowest BCUT2D eigenvalue weighted by Crippen LogP contribution is -1.96. The summed E-state index contributed by atoms with van der Waals surface area (Å²) in [5.74, 6) is -0.211. The Morgan fingerprint density at radius 3 is 2.73 bits per heavy atom. The lowest BCUT2D eigenvalue weighted by atomic mass is 10.1. The topological polar surface area (TPSA) is 51.8 Å². The number of benzene rings is 1. The summed E-state index contributed by atoms with van der Waals surface area (Å²) in [5.41, 5.74) is 6.31. The molecule has 0 atom stereocenters. The Labute approximate surface area is 94.3 Å². The average molecular weight is 268 g/mol. The summed E-state index contributed by atoms with van der Waals surface area (Å²) in [6, 6.07) is 6.38. The van der Waals surface area contributed by atoms with Crippen LogP contribution in [-0.2, 0) is 0 Å². The molecule has 3 nitrogen and oxygen atoms in total. The van der Waals surface area contributed by atoms with E-state index in [1.165, 1.54) is 12.3 Å². The van der Waals surface area contributed by atoms with Gasteiger partial charge in [0.05, 0.1) is 5.69 Å². The van der Waals surface area contributed by atoms with Gasteiger partial charge in [-0.2, -0.15) is 0 Å². The Bertz CT molecular complexity index is 502. The van der Waals surface area contributed by atoms with Crippen molar-refractivity contribution < 1.29 is 4.39 Å². The van der Waals surface area contributed by atoms with E-state index in [0.717, 1.165) is 0 Å². The van der Waals surface area contributed by atoms with E-state index in [-0.39, 0.29) is 11.8 Å². The quantitative estimate of drug-likeness (QED) is 0.864. The molecule has 0 saturated carbocycles. The van der Waals surface area contributed by atoms with Gasteiger partial charge in [0.1, 0.15) is 5.82 Å². The van der Waals surface area contributed by atoms with Crippen LogP contribution in [0.25, 0.3) is 11.3 Å². The molecule has 0 radical (unpaired) electrons. The Morgan fingerprint density at radius 1 is 1.27 bits per heavy atom. The highest BCUT2D eigenvalue weighted by atomic mass is 79.9. The Morgan fingerprint density at radius 2 is 2.07 bits per heavy atom. The minimum absolute atomic E-state index is 0.134. The van der Waals surface area contributed by atoms with Crippen LogP contribution in [0.4, 0.5) is 10.3 Å². The third-order valence-corrected chi connectivity index (χ3v) is 2.37. The van der Waals surface area contributed by atoms with Crippen LogP contribution in [0, 0.1) is 5.82 Å². The first-order chi connectivity index (χ1) is 7.16. The number of nitrogen functional groups attached to an aromatic ring is 1. The minimum Gasteiger partial charge on any atom is -0.368 e. The summed E-state index contributed by atoms with van der Waals surface area (Å²) in [6.45, 7) is 0. The Hall–Kier alpha value is -1.49. The van der Waals surface area contributed by atoms with E-state index in [2.05, 4.69) is 25.9 Å². The lowest BCUT2D eigenvalue weighted by molar-refractivity contribution is 0.630. The molecule has 0 aliphatic carbocycles. The van der Waals surface area contributed by atoms with Gasteiger partial charge in [-0.05, 0) is 24.3 Å². The van der Waals surface area contributed by atoms with Crippen LogP contribution in [0.3, 0.4) is 0 Å². The monoisotopic (exact) mass is 267 g/mol. The maximum atomic E-state index is 13.5. The molecule has 1 aromatic carbocycles. The number of nitrogens with two attached hydrogens (primary N) is 1. The number of hydrogen-bond acceptors (Lipinski definition) is 3. The molecule has 2 N–H and O–H groups in total. The molecule has 76 valence electrons. The first-order valence-electron chi connectivity index (χ1n) is 4.21. The standard InChI is InChI=1S/C10H7BrFN3/c11-6-1-2-7(8(12)5-6)9-3-4-14-10(13)15-9/h1-5H,(H2,13,14,15). The molecular formula is C10H7BrFN3. The highest BCUT2D eigenvalue weighted by molar-refractivity contribution is 9.10. The zero-order valence-corrected chi connectivity index (χ0v) is 9.20. The Balaban J connectivity index is 2.54. The molecule has 0 fully saturated rings. The van der Waals surface area contributed by atoms with Gasteiger partial charge >= 0.3 is 0 Å². The van der Waals surface area contributed by atoms with Crippen molar-refractivity contribution in [3.63, 3.8) is 0 Å². The smallest absolute Gasteiger partial charge is 0.220 e. The summed E-state index contributed by atoms with van der Waals surface area (Å²) >= 11 is 3.19. The van der Waals surface area contributed by atoms with E-state index < -0.39 is 0 Å². The third-order valence-electron chi connectivity index (χ3n) is 1.88. The maximum Gasteiger partial charge on any atom is 0.220 e. The van der Waals surface area contributed by atoms with Crippen molar-refractivity contribution in [1.82, 2.24) is 9.97 Å². The molecule has 0 spiro atoms. The second kappa shape index (κ2) is 3.94. The van der Waals surface area contributed by atoms with Crippen molar-refractivity contribution in [2.24, 2.45) is 0 Å². The van der Waals surface area contributed by atoms with E-state index in [0.29, 0.717) is 15.7 Å². The summed E-state index contributed by atoms with van der Waals surface area (Å²) < 4.78 is 14.2. The summed E-state index contributed by atoms with van der Waals surface area (Å²) in [7, 11) is 0. The second-order valence-electron chi connectivity index (χ2n) is 2.92. The van der Waals surface area contributed by atoms with Crippen LogP contribution in [-0.4, -0.2) is 9.97 Å². The van der Waals surface area contributed by atoms with Gasteiger partial charge in [0, 0.05) is 16.2 Å². The molecule has 5 heteroatoms. The van der Waals surface area contributed by atoms with Crippen molar-refractivity contribution in [3.8, 4) is 11.3 Å². The fourth-order valence-electron chi connectivity index (χ4n) is 1.22. The van der Waals surface area contributed by atoms with E-state index in [4.69, 9.17) is 5.73 Å². The second-order valence-corrected chi connectivity index (χ2v) is 3.84. The van der Waals surface area contributed by atoms with Crippen LogP contribution in [0.15, 0.2) is 34.9 Å². The first kappa shape index (κ1) is 10.0. The lowest BCUT2D eigenvalue weighted by Gasteiger charge is -2.03. The largest absolute Gasteiger partial charge is 0.368 e. The van der Waals surface area contributed by atoms with Crippen molar-refractivity contribution in [2.75, 3.05) is 5.73 Å². The SMILES string of the molecule is Nc1nccc(-c2ccc(Br)cc2F)n1. The fraction of sp³-hybridized carbons (Fsp3) is 0. The molecule has 1 aromatic heterocycles. The van der Waals surface area contributed by atoms with Crippen molar-refractivity contribution in [2.45, 2.75) is 0 Å².